The average Bonchev–Trinajstić information content (AvgIpc) is 3.00. The van der Waals surface area contributed by atoms with Crippen LogP contribution in [0.5, 0.6) is 0 Å². The fourth-order valence-corrected chi connectivity index (χ4v) is 2.75. The molecule has 1 nitrogen and oxygen atoms in total. The van der Waals surface area contributed by atoms with Crippen LogP contribution in [0.2, 0.25) is 0 Å². The van der Waals surface area contributed by atoms with Gasteiger partial charge in [0.05, 0.1) is 0 Å². The van der Waals surface area contributed by atoms with Gasteiger partial charge in [0.2, 0.25) is 0 Å². The number of halogens is 1. The summed E-state index contributed by atoms with van der Waals surface area (Å²) in [5.41, 5.74) is 3.36. The second-order valence-electron chi connectivity index (χ2n) is 4.89. The Morgan fingerprint density at radius 3 is 2.80 bits per heavy atom. The average molecular weight is 222 g/mol. The highest BCUT2D eigenvalue weighted by atomic mass is 35.5. The first kappa shape index (κ1) is 9.68. The van der Waals surface area contributed by atoms with Crippen molar-refractivity contribution in [2.24, 2.45) is 0 Å². The van der Waals surface area contributed by atoms with E-state index in [0.29, 0.717) is 5.54 Å². The van der Waals surface area contributed by atoms with E-state index in [0.717, 1.165) is 18.3 Å². The molecule has 0 aliphatic heterocycles. The lowest BCUT2D eigenvalue weighted by Crippen LogP contribution is -2.38. The van der Waals surface area contributed by atoms with Gasteiger partial charge in [-0.2, -0.15) is 0 Å². The Hall–Kier alpha value is -0.530. The lowest BCUT2D eigenvalue weighted by atomic mass is 9.77. The molecular weight excluding hydrogens is 206 g/mol. The van der Waals surface area contributed by atoms with E-state index in [4.69, 9.17) is 11.6 Å². The number of alkyl halides is 1. The summed E-state index contributed by atoms with van der Waals surface area (Å²) in [6.45, 7) is 1.10. The first-order chi connectivity index (χ1) is 7.33. The molecule has 2 heteroatoms. The van der Waals surface area contributed by atoms with E-state index in [1.807, 2.05) is 0 Å². The highest BCUT2D eigenvalue weighted by Gasteiger charge is 2.42. The van der Waals surface area contributed by atoms with Gasteiger partial charge in [-0.05, 0) is 30.4 Å². The summed E-state index contributed by atoms with van der Waals surface area (Å²) in [5, 5.41) is 3.63. The van der Waals surface area contributed by atoms with Crippen molar-refractivity contribution in [3.05, 3.63) is 35.4 Å². The van der Waals surface area contributed by atoms with Crippen LogP contribution >= 0.6 is 11.6 Å². The maximum absolute atomic E-state index is 5.94. The minimum absolute atomic E-state index is 0.298. The molecule has 1 fully saturated rings. The van der Waals surface area contributed by atoms with Gasteiger partial charge in [0.25, 0.3) is 0 Å². The van der Waals surface area contributed by atoms with Gasteiger partial charge >= 0.3 is 0 Å². The SMILES string of the molecule is ClCC1(NCC2Cc3ccccc32)CC1. The molecule has 2 aliphatic rings. The number of hydrogen-bond acceptors (Lipinski definition) is 1. The molecule has 1 saturated carbocycles. The molecule has 1 aromatic carbocycles. The Morgan fingerprint density at radius 2 is 2.13 bits per heavy atom. The van der Waals surface area contributed by atoms with Crippen molar-refractivity contribution in [3.63, 3.8) is 0 Å². The van der Waals surface area contributed by atoms with Crippen molar-refractivity contribution in [1.82, 2.24) is 5.32 Å². The van der Waals surface area contributed by atoms with Crippen LogP contribution in [0, 0.1) is 0 Å². The zero-order valence-electron chi connectivity index (χ0n) is 8.80. The number of hydrogen-bond donors (Lipinski definition) is 1. The van der Waals surface area contributed by atoms with Crippen molar-refractivity contribution in [2.75, 3.05) is 12.4 Å². The van der Waals surface area contributed by atoms with Crippen LogP contribution in [0.3, 0.4) is 0 Å². The molecule has 1 unspecified atom stereocenters. The summed E-state index contributed by atoms with van der Waals surface area (Å²) in [4.78, 5) is 0. The second kappa shape index (κ2) is 3.50. The van der Waals surface area contributed by atoms with Gasteiger partial charge in [0.15, 0.2) is 0 Å². The molecular formula is C13H16ClN. The van der Waals surface area contributed by atoms with Crippen LogP contribution in [0.1, 0.15) is 29.9 Å². The molecule has 0 radical (unpaired) electrons. The van der Waals surface area contributed by atoms with Crippen molar-refractivity contribution >= 4 is 11.6 Å². The largest absolute Gasteiger partial charge is 0.309 e. The van der Waals surface area contributed by atoms with Crippen molar-refractivity contribution in [2.45, 2.75) is 30.7 Å². The van der Waals surface area contributed by atoms with Crippen molar-refractivity contribution in [3.8, 4) is 0 Å². The number of nitrogens with one attached hydrogen (secondary N) is 1. The standard InChI is InChI=1S/C13H16ClN/c14-9-13(5-6-13)15-8-11-7-10-3-1-2-4-12(10)11/h1-4,11,15H,5-9H2. The van der Waals surface area contributed by atoms with Gasteiger partial charge in [-0.1, -0.05) is 24.3 Å². The number of benzene rings is 1. The molecule has 0 heterocycles. The summed E-state index contributed by atoms with van der Waals surface area (Å²) < 4.78 is 0. The summed E-state index contributed by atoms with van der Waals surface area (Å²) in [6.07, 6.45) is 3.75. The fraction of sp³-hybridized carbons (Fsp3) is 0.538. The van der Waals surface area contributed by atoms with Crippen molar-refractivity contribution in [1.29, 1.82) is 0 Å². The minimum atomic E-state index is 0.298. The molecule has 15 heavy (non-hydrogen) atoms. The van der Waals surface area contributed by atoms with E-state index in [1.165, 1.54) is 30.4 Å². The highest BCUT2D eigenvalue weighted by Crippen LogP contribution is 2.39. The van der Waals surface area contributed by atoms with E-state index >= 15 is 0 Å². The van der Waals surface area contributed by atoms with Crippen LogP contribution in [-0.4, -0.2) is 18.0 Å². The molecule has 0 aromatic heterocycles. The first-order valence-electron chi connectivity index (χ1n) is 5.72. The second-order valence-corrected chi connectivity index (χ2v) is 5.16. The molecule has 3 rings (SSSR count). The summed E-state index contributed by atoms with van der Waals surface area (Å²) in [5.74, 6) is 1.49. The zero-order chi connectivity index (χ0) is 10.3. The first-order valence-corrected chi connectivity index (χ1v) is 6.25. The molecule has 0 bridgehead atoms. The third-order valence-electron chi connectivity index (χ3n) is 3.79. The predicted octanol–water partition coefficient (Wildman–Crippen LogP) is 2.69. The molecule has 0 amide bonds. The van der Waals surface area contributed by atoms with E-state index in [1.54, 1.807) is 0 Å². The lowest BCUT2D eigenvalue weighted by Gasteiger charge is -2.31. The molecule has 1 atom stereocenters. The Morgan fingerprint density at radius 1 is 1.33 bits per heavy atom. The van der Waals surface area contributed by atoms with Gasteiger partial charge in [-0.3, -0.25) is 0 Å². The Kier molecular flexibility index (Phi) is 2.26. The topological polar surface area (TPSA) is 12.0 Å². The van der Waals surface area contributed by atoms with Gasteiger partial charge in [-0.25, -0.2) is 0 Å². The molecule has 1 N–H and O–H groups in total. The smallest absolute Gasteiger partial charge is 0.0406 e. The monoisotopic (exact) mass is 221 g/mol. The third kappa shape index (κ3) is 1.68. The maximum atomic E-state index is 5.94. The van der Waals surface area contributed by atoms with Crippen LogP contribution in [0.25, 0.3) is 0 Å². The fourth-order valence-electron chi connectivity index (χ4n) is 2.39. The third-order valence-corrected chi connectivity index (χ3v) is 4.31. The predicted molar refractivity (Wildman–Crippen MR) is 63.6 cm³/mol. The van der Waals surface area contributed by atoms with Crippen LogP contribution in [0.4, 0.5) is 0 Å². The summed E-state index contributed by atoms with van der Waals surface area (Å²) in [6, 6.07) is 8.76. The summed E-state index contributed by atoms with van der Waals surface area (Å²) in [7, 11) is 0. The molecule has 80 valence electrons. The van der Waals surface area contributed by atoms with Crippen molar-refractivity contribution < 1.29 is 0 Å². The van der Waals surface area contributed by atoms with Gasteiger partial charge in [0.1, 0.15) is 0 Å². The molecule has 1 aromatic rings. The Balaban J connectivity index is 1.59. The van der Waals surface area contributed by atoms with E-state index < -0.39 is 0 Å². The zero-order valence-corrected chi connectivity index (χ0v) is 9.56. The quantitative estimate of drug-likeness (QED) is 0.771. The Bertz CT molecular complexity index is 371. The van der Waals surface area contributed by atoms with Gasteiger partial charge in [-0.15, -0.1) is 11.6 Å². The van der Waals surface area contributed by atoms with Crippen LogP contribution < -0.4 is 5.32 Å². The van der Waals surface area contributed by atoms with Crippen LogP contribution in [-0.2, 0) is 6.42 Å². The molecule has 0 saturated heterocycles. The van der Waals surface area contributed by atoms with E-state index in [9.17, 15) is 0 Å². The summed E-state index contributed by atoms with van der Waals surface area (Å²) >= 11 is 5.94. The highest BCUT2D eigenvalue weighted by molar-refractivity contribution is 6.18. The van der Waals surface area contributed by atoms with Gasteiger partial charge in [0, 0.05) is 23.9 Å². The molecule has 0 spiro atoms. The maximum Gasteiger partial charge on any atom is 0.0406 e. The normalized spacial score (nSPS) is 25.5. The minimum Gasteiger partial charge on any atom is -0.309 e. The van der Waals surface area contributed by atoms with Crippen LogP contribution in [0.15, 0.2) is 24.3 Å². The number of rotatable bonds is 4. The molecule has 2 aliphatic carbocycles. The van der Waals surface area contributed by atoms with E-state index in [-0.39, 0.29) is 0 Å². The van der Waals surface area contributed by atoms with Gasteiger partial charge < -0.3 is 5.32 Å². The number of fused-ring (bicyclic) bond motifs is 1. The lowest BCUT2D eigenvalue weighted by molar-refractivity contribution is 0.472. The Labute approximate surface area is 95.8 Å². The van der Waals surface area contributed by atoms with E-state index in [2.05, 4.69) is 29.6 Å².